The Labute approximate surface area is 175 Å². The molecule has 3 aromatic heterocycles. The summed E-state index contributed by atoms with van der Waals surface area (Å²) in [6.07, 6.45) is 4.57. The Morgan fingerprint density at radius 2 is 1.73 bits per heavy atom. The zero-order chi connectivity index (χ0) is 21.5. The van der Waals surface area contributed by atoms with Gasteiger partial charge in [-0.3, -0.25) is 0 Å². The van der Waals surface area contributed by atoms with Crippen LogP contribution in [0.5, 0.6) is 0 Å². The van der Waals surface area contributed by atoms with E-state index in [1.807, 2.05) is 13.0 Å². The van der Waals surface area contributed by atoms with E-state index in [-0.39, 0.29) is 10.9 Å². The van der Waals surface area contributed by atoms with Gasteiger partial charge in [-0.2, -0.15) is 0 Å². The fourth-order valence-corrected chi connectivity index (χ4v) is 4.02. The van der Waals surface area contributed by atoms with Crippen LogP contribution in [-0.2, 0) is 9.84 Å². The number of sulfone groups is 1. The molecule has 0 aliphatic carbocycles. The maximum absolute atomic E-state index is 11.6. The minimum atomic E-state index is -3.25. The Morgan fingerprint density at radius 1 is 1.00 bits per heavy atom. The highest BCUT2D eigenvalue weighted by Crippen LogP contribution is 2.24. The number of nitrogens with one attached hydrogen (secondary N) is 1. The number of rotatable bonds is 5. The number of fused-ring (bicyclic) bond motifs is 1. The Kier molecular flexibility index (Phi) is 4.98. The summed E-state index contributed by atoms with van der Waals surface area (Å²) in [4.78, 5) is 18.1. The van der Waals surface area contributed by atoms with Crippen LogP contribution in [0.15, 0.2) is 53.7 Å². The van der Waals surface area contributed by atoms with Crippen LogP contribution in [0, 0.1) is 6.92 Å². The predicted octanol–water partition coefficient (Wildman–Crippen LogP) is 3.92. The molecule has 30 heavy (non-hydrogen) atoms. The third kappa shape index (κ3) is 3.88. The molecule has 0 aliphatic rings. The number of anilines is 2. The van der Waals surface area contributed by atoms with Gasteiger partial charge in [-0.1, -0.05) is 0 Å². The van der Waals surface area contributed by atoms with E-state index < -0.39 is 9.84 Å². The second-order valence-electron chi connectivity index (χ2n) is 7.37. The SMILES string of the molecule is Cc1nc2cnc(Nc3ccnc(-c4ccc(S(C)(=O)=O)cc4)n3)cc2n1C(C)C. The van der Waals surface area contributed by atoms with Gasteiger partial charge in [-0.25, -0.2) is 28.4 Å². The average Bonchev–Trinajstić information content (AvgIpc) is 3.03. The number of imidazole rings is 1. The van der Waals surface area contributed by atoms with E-state index in [1.165, 1.54) is 6.26 Å². The number of nitrogens with zero attached hydrogens (tertiary/aromatic N) is 5. The molecular formula is C21H22N6O2S. The third-order valence-electron chi connectivity index (χ3n) is 4.72. The second kappa shape index (κ2) is 7.49. The topological polar surface area (TPSA) is 103 Å². The molecule has 3 heterocycles. The number of hydrogen-bond donors (Lipinski definition) is 1. The summed E-state index contributed by atoms with van der Waals surface area (Å²) in [5, 5.41) is 3.22. The Hall–Kier alpha value is -3.33. The molecule has 0 amide bonds. The van der Waals surface area contributed by atoms with Crippen molar-refractivity contribution >= 4 is 32.5 Å². The van der Waals surface area contributed by atoms with Crippen LogP contribution in [0.25, 0.3) is 22.4 Å². The van der Waals surface area contributed by atoms with E-state index in [4.69, 9.17) is 0 Å². The quantitative estimate of drug-likeness (QED) is 0.520. The molecule has 0 atom stereocenters. The fourth-order valence-electron chi connectivity index (χ4n) is 3.39. The van der Waals surface area contributed by atoms with E-state index in [2.05, 4.69) is 43.7 Å². The van der Waals surface area contributed by atoms with Crippen molar-refractivity contribution in [2.24, 2.45) is 0 Å². The first kappa shape index (κ1) is 20.0. The van der Waals surface area contributed by atoms with Crippen LogP contribution in [0.3, 0.4) is 0 Å². The van der Waals surface area contributed by atoms with Gasteiger partial charge in [0.25, 0.3) is 0 Å². The van der Waals surface area contributed by atoms with Crippen molar-refractivity contribution in [2.45, 2.75) is 31.7 Å². The van der Waals surface area contributed by atoms with E-state index >= 15 is 0 Å². The fraction of sp³-hybridized carbons (Fsp3) is 0.238. The lowest BCUT2D eigenvalue weighted by Gasteiger charge is -2.11. The van der Waals surface area contributed by atoms with E-state index in [0.717, 1.165) is 22.4 Å². The van der Waals surface area contributed by atoms with Crippen LogP contribution in [-0.4, -0.2) is 39.2 Å². The molecule has 0 fully saturated rings. The van der Waals surface area contributed by atoms with Crippen molar-refractivity contribution in [1.29, 1.82) is 0 Å². The molecule has 8 nitrogen and oxygen atoms in total. The maximum atomic E-state index is 11.6. The van der Waals surface area contributed by atoms with Gasteiger partial charge in [0.2, 0.25) is 0 Å². The van der Waals surface area contributed by atoms with Gasteiger partial charge in [0.15, 0.2) is 15.7 Å². The minimum Gasteiger partial charge on any atom is -0.326 e. The van der Waals surface area contributed by atoms with Gasteiger partial charge in [-0.05, 0) is 51.1 Å². The molecule has 1 N–H and O–H groups in total. The summed E-state index contributed by atoms with van der Waals surface area (Å²) >= 11 is 0. The van der Waals surface area contributed by atoms with Gasteiger partial charge >= 0.3 is 0 Å². The maximum Gasteiger partial charge on any atom is 0.175 e. The molecule has 1 aromatic carbocycles. The van der Waals surface area contributed by atoms with E-state index in [0.29, 0.717) is 17.5 Å². The molecule has 154 valence electrons. The highest BCUT2D eigenvalue weighted by molar-refractivity contribution is 7.90. The molecule has 0 aliphatic heterocycles. The van der Waals surface area contributed by atoms with Crippen LogP contribution in [0.1, 0.15) is 25.7 Å². The molecule has 0 unspecified atom stereocenters. The average molecular weight is 423 g/mol. The van der Waals surface area contributed by atoms with E-state index in [9.17, 15) is 8.42 Å². The van der Waals surface area contributed by atoms with Crippen LogP contribution < -0.4 is 5.32 Å². The predicted molar refractivity (Wildman–Crippen MR) is 117 cm³/mol. The van der Waals surface area contributed by atoms with Gasteiger partial charge in [-0.15, -0.1) is 0 Å². The Bertz CT molecular complexity index is 1330. The summed E-state index contributed by atoms with van der Waals surface area (Å²) in [7, 11) is -3.25. The Balaban J connectivity index is 1.64. The molecule has 0 spiro atoms. The summed E-state index contributed by atoms with van der Waals surface area (Å²) < 4.78 is 25.5. The lowest BCUT2D eigenvalue weighted by atomic mass is 10.2. The Morgan fingerprint density at radius 3 is 2.40 bits per heavy atom. The molecule has 4 rings (SSSR count). The van der Waals surface area contributed by atoms with Gasteiger partial charge in [0, 0.05) is 30.1 Å². The number of aromatic nitrogens is 5. The largest absolute Gasteiger partial charge is 0.326 e. The van der Waals surface area contributed by atoms with Gasteiger partial charge in [0.05, 0.1) is 16.6 Å². The standard InChI is InChI=1S/C21H22N6O2S/c1-13(2)27-14(3)24-17-12-23-20(11-18(17)27)25-19-9-10-22-21(26-19)15-5-7-16(8-6-15)30(4,28)29/h5-13H,1-4H3,(H,22,23,25,26). The zero-order valence-corrected chi connectivity index (χ0v) is 18.0. The molecule has 0 radical (unpaired) electrons. The smallest absolute Gasteiger partial charge is 0.175 e. The van der Waals surface area contributed by atoms with E-state index in [1.54, 1.807) is 42.7 Å². The summed E-state index contributed by atoms with van der Waals surface area (Å²) in [5.74, 6) is 2.68. The molecule has 0 saturated carbocycles. The summed E-state index contributed by atoms with van der Waals surface area (Å²) in [6.45, 7) is 6.22. The lowest BCUT2D eigenvalue weighted by molar-refractivity contribution is 0.600. The zero-order valence-electron chi connectivity index (χ0n) is 17.2. The highest BCUT2D eigenvalue weighted by atomic mass is 32.2. The van der Waals surface area contributed by atoms with Crippen LogP contribution in [0.2, 0.25) is 0 Å². The first-order chi connectivity index (χ1) is 14.2. The van der Waals surface area contributed by atoms with Gasteiger partial charge in [0.1, 0.15) is 23.0 Å². The van der Waals surface area contributed by atoms with Crippen molar-refractivity contribution < 1.29 is 8.42 Å². The number of benzene rings is 1. The number of hydrogen-bond acceptors (Lipinski definition) is 7. The van der Waals surface area contributed by atoms with Gasteiger partial charge < -0.3 is 9.88 Å². The van der Waals surface area contributed by atoms with Crippen molar-refractivity contribution in [3.05, 3.63) is 54.6 Å². The second-order valence-corrected chi connectivity index (χ2v) is 9.38. The minimum absolute atomic E-state index is 0.259. The number of pyridine rings is 1. The summed E-state index contributed by atoms with van der Waals surface area (Å²) in [6, 6.07) is 10.5. The highest BCUT2D eigenvalue weighted by Gasteiger charge is 2.12. The number of aryl methyl sites for hydroxylation is 1. The molecule has 0 saturated heterocycles. The monoisotopic (exact) mass is 422 g/mol. The van der Waals surface area contributed by atoms with Crippen LogP contribution >= 0.6 is 0 Å². The first-order valence-corrected chi connectivity index (χ1v) is 11.4. The van der Waals surface area contributed by atoms with Crippen molar-refractivity contribution in [3.8, 4) is 11.4 Å². The van der Waals surface area contributed by atoms with Crippen molar-refractivity contribution in [1.82, 2.24) is 24.5 Å². The molecule has 9 heteroatoms. The molecular weight excluding hydrogens is 400 g/mol. The van der Waals surface area contributed by atoms with Crippen molar-refractivity contribution in [3.63, 3.8) is 0 Å². The first-order valence-electron chi connectivity index (χ1n) is 9.47. The third-order valence-corrected chi connectivity index (χ3v) is 5.85. The molecule has 4 aromatic rings. The molecule has 0 bridgehead atoms. The van der Waals surface area contributed by atoms with Crippen molar-refractivity contribution in [2.75, 3.05) is 11.6 Å². The summed E-state index contributed by atoms with van der Waals surface area (Å²) in [5.41, 5.74) is 2.58. The lowest BCUT2D eigenvalue weighted by Crippen LogP contribution is -2.03. The van der Waals surface area contributed by atoms with Crippen LogP contribution in [0.4, 0.5) is 11.6 Å². The normalized spacial score (nSPS) is 11.9.